The summed E-state index contributed by atoms with van der Waals surface area (Å²) in [6.07, 6.45) is 2.46. The average molecular weight is 257 g/mol. The van der Waals surface area contributed by atoms with Gasteiger partial charge in [0, 0.05) is 33.1 Å². The van der Waals surface area contributed by atoms with Crippen molar-refractivity contribution in [3.63, 3.8) is 0 Å². The van der Waals surface area contributed by atoms with E-state index in [0.29, 0.717) is 32.1 Å². The molecule has 0 atom stereocenters. The largest absolute Gasteiger partial charge is 0.395 e. The Balaban J connectivity index is 2.12. The Morgan fingerprint density at radius 1 is 1.28 bits per heavy atom. The van der Waals surface area contributed by atoms with Gasteiger partial charge in [0.1, 0.15) is 0 Å². The predicted molar refractivity (Wildman–Crippen MR) is 67.9 cm³/mol. The number of amides is 2. The lowest BCUT2D eigenvalue weighted by molar-refractivity contribution is -0.123. The van der Waals surface area contributed by atoms with Crippen LogP contribution in [0.3, 0.4) is 0 Å². The van der Waals surface area contributed by atoms with Crippen LogP contribution in [-0.2, 0) is 9.59 Å². The van der Waals surface area contributed by atoms with Crippen LogP contribution in [0.4, 0.5) is 0 Å². The molecule has 2 amide bonds. The number of carbonyl (C=O) groups is 2. The maximum atomic E-state index is 11.6. The van der Waals surface area contributed by atoms with Gasteiger partial charge in [-0.25, -0.2) is 0 Å². The number of hydrogen-bond donors (Lipinski definition) is 3. The first kappa shape index (κ1) is 14.9. The van der Waals surface area contributed by atoms with Crippen molar-refractivity contribution in [2.75, 3.05) is 39.3 Å². The summed E-state index contributed by atoms with van der Waals surface area (Å²) in [5, 5.41) is 14.3. The van der Waals surface area contributed by atoms with E-state index in [0.717, 1.165) is 6.54 Å². The number of aliphatic hydroxyl groups is 1. The smallest absolute Gasteiger partial charge is 0.234 e. The molecule has 1 aliphatic carbocycles. The van der Waals surface area contributed by atoms with Crippen LogP contribution in [0.5, 0.6) is 0 Å². The predicted octanol–water partition coefficient (Wildman–Crippen LogP) is -1.06. The molecule has 1 rings (SSSR count). The van der Waals surface area contributed by atoms with Gasteiger partial charge < -0.3 is 15.7 Å². The Kier molecular flexibility index (Phi) is 6.67. The van der Waals surface area contributed by atoms with Gasteiger partial charge >= 0.3 is 0 Å². The number of hydrogen-bond acceptors (Lipinski definition) is 4. The Bertz CT molecular complexity index is 280. The van der Waals surface area contributed by atoms with Gasteiger partial charge in [-0.05, 0) is 18.8 Å². The molecule has 0 aromatic carbocycles. The average Bonchev–Trinajstić information content (AvgIpc) is 3.08. The first-order chi connectivity index (χ1) is 8.61. The van der Waals surface area contributed by atoms with Crippen LogP contribution in [-0.4, -0.2) is 61.2 Å². The van der Waals surface area contributed by atoms with Crippen molar-refractivity contribution in [1.29, 1.82) is 0 Å². The first-order valence-corrected chi connectivity index (χ1v) is 6.46. The summed E-state index contributed by atoms with van der Waals surface area (Å²) in [7, 11) is 0. The maximum Gasteiger partial charge on any atom is 0.234 e. The molecule has 0 unspecified atom stereocenters. The molecule has 0 saturated heterocycles. The number of nitrogens with zero attached hydrogens (tertiary/aromatic N) is 1. The lowest BCUT2D eigenvalue weighted by Gasteiger charge is -2.20. The van der Waals surface area contributed by atoms with E-state index in [9.17, 15) is 9.59 Å². The van der Waals surface area contributed by atoms with Crippen LogP contribution < -0.4 is 10.6 Å². The lowest BCUT2D eigenvalue weighted by Crippen LogP contribution is -2.41. The molecule has 0 bridgehead atoms. The number of nitrogens with one attached hydrogen (secondary N) is 2. The monoisotopic (exact) mass is 257 g/mol. The van der Waals surface area contributed by atoms with Crippen molar-refractivity contribution < 1.29 is 14.7 Å². The summed E-state index contributed by atoms with van der Waals surface area (Å²) >= 11 is 0. The molecule has 6 heteroatoms. The summed E-state index contributed by atoms with van der Waals surface area (Å²) in [4.78, 5) is 24.2. The molecule has 0 aromatic heterocycles. The number of rotatable bonds is 9. The standard InChI is InChI=1S/C12H23N3O3/c1-10(17)13-4-5-14-12(18)9-15(6-7-16)8-11-2-3-11/h11,16H,2-9H2,1H3,(H,13,17)(H,14,18). The lowest BCUT2D eigenvalue weighted by atomic mass is 10.3. The van der Waals surface area contributed by atoms with Gasteiger partial charge in [0.2, 0.25) is 11.8 Å². The van der Waals surface area contributed by atoms with Crippen LogP contribution >= 0.6 is 0 Å². The molecule has 1 saturated carbocycles. The fourth-order valence-electron chi connectivity index (χ4n) is 1.74. The molecule has 6 nitrogen and oxygen atoms in total. The van der Waals surface area contributed by atoms with E-state index in [4.69, 9.17) is 5.11 Å². The van der Waals surface area contributed by atoms with Crippen LogP contribution in [0, 0.1) is 5.92 Å². The topological polar surface area (TPSA) is 81.7 Å². The highest BCUT2D eigenvalue weighted by Gasteiger charge is 2.24. The minimum Gasteiger partial charge on any atom is -0.395 e. The summed E-state index contributed by atoms with van der Waals surface area (Å²) < 4.78 is 0. The number of aliphatic hydroxyl groups excluding tert-OH is 1. The van der Waals surface area contributed by atoms with Gasteiger partial charge in [0.05, 0.1) is 13.2 Å². The van der Waals surface area contributed by atoms with E-state index in [1.54, 1.807) is 0 Å². The molecule has 104 valence electrons. The molecule has 1 fully saturated rings. The summed E-state index contributed by atoms with van der Waals surface area (Å²) in [6.45, 7) is 4.15. The van der Waals surface area contributed by atoms with Crippen LogP contribution in [0.1, 0.15) is 19.8 Å². The second-order valence-electron chi connectivity index (χ2n) is 4.74. The maximum absolute atomic E-state index is 11.6. The number of carbonyl (C=O) groups excluding carboxylic acids is 2. The van der Waals surface area contributed by atoms with Crippen molar-refractivity contribution in [2.24, 2.45) is 5.92 Å². The van der Waals surface area contributed by atoms with Gasteiger partial charge in [-0.3, -0.25) is 14.5 Å². The normalized spacial score (nSPS) is 14.6. The van der Waals surface area contributed by atoms with Crippen molar-refractivity contribution >= 4 is 11.8 Å². The molecule has 0 spiro atoms. The quantitative estimate of drug-likeness (QED) is 0.460. The highest BCUT2D eigenvalue weighted by atomic mass is 16.3. The summed E-state index contributed by atoms with van der Waals surface area (Å²) in [6, 6.07) is 0. The van der Waals surface area contributed by atoms with Gasteiger partial charge in [0.25, 0.3) is 0 Å². The molecular formula is C12H23N3O3. The molecule has 18 heavy (non-hydrogen) atoms. The third kappa shape index (κ3) is 7.24. The van der Waals surface area contributed by atoms with E-state index in [1.165, 1.54) is 19.8 Å². The van der Waals surface area contributed by atoms with Crippen LogP contribution in [0.2, 0.25) is 0 Å². The van der Waals surface area contributed by atoms with Crippen LogP contribution in [0.25, 0.3) is 0 Å². The molecule has 0 aromatic rings. The van der Waals surface area contributed by atoms with Gasteiger partial charge in [-0.1, -0.05) is 0 Å². The molecule has 3 N–H and O–H groups in total. The first-order valence-electron chi connectivity index (χ1n) is 6.46. The zero-order valence-corrected chi connectivity index (χ0v) is 10.9. The zero-order valence-electron chi connectivity index (χ0n) is 10.9. The zero-order chi connectivity index (χ0) is 13.4. The highest BCUT2D eigenvalue weighted by molar-refractivity contribution is 5.78. The second-order valence-corrected chi connectivity index (χ2v) is 4.74. The van der Waals surface area contributed by atoms with E-state index < -0.39 is 0 Å². The van der Waals surface area contributed by atoms with Gasteiger partial charge in [-0.2, -0.15) is 0 Å². The van der Waals surface area contributed by atoms with Gasteiger partial charge in [0.15, 0.2) is 0 Å². The summed E-state index contributed by atoms with van der Waals surface area (Å²) in [5.74, 6) is 0.540. The van der Waals surface area contributed by atoms with Crippen molar-refractivity contribution in [1.82, 2.24) is 15.5 Å². The van der Waals surface area contributed by atoms with E-state index in [1.807, 2.05) is 4.90 Å². The van der Waals surface area contributed by atoms with E-state index >= 15 is 0 Å². The highest BCUT2D eigenvalue weighted by Crippen LogP contribution is 2.29. The fraction of sp³-hybridized carbons (Fsp3) is 0.833. The molecule has 0 aliphatic heterocycles. The molecular weight excluding hydrogens is 234 g/mol. The Labute approximate surface area is 108 Å². The SMILES string of the molecule is CC(=O)NCCNC(=O)CN(CCO)CC1CC1. The molecule has 0 radical (unpaired) electrons. The van der Waals surface area contributed by atoms with Crippen LogP contribution in [0.15, 0.2) is 0 Å². The fourth-order valence-corrected chi connectivity index (χ4v) is 1.74. The Morgan fingerprint density at radius 3 is 2.50 bits per heavy atom. The van der Waals surface area contributed by atoms with Crippen molar-refractivity contribution in [3.8, 4) is 0 Å². The minimum atomic E-state index is -0.0973. The van der Waals surface area contributed by atoms with Gasteiger partial charge in [-0.15, -0.1) is 0 Å². The second kappa shape index (κ2) is 8.05. The van der Waals surface area contributed by atoms with Crippen molar-refractivity contribution in [3.05, 3.63) is 0 Å². The van der Waals surface area contributed by atoms with E-state index in [-0.39, 0.29) is 18.4 Å². The Morgan fingerprint density at radius 2 is 1.94 bits per heavy atom. The molecule has 1 aliphatic rings. The van der Waals surface area contributed by atoms with Crippen molar-refractivity contribution in [2.45, 2.75) is 19.8 Å². The third-order valence-corrected chi connectivity index (χ3v) is 2.82. The Hall–Kier alpha value is -1.14. The summed E-state index contributed by atoms with van der Waals surface area (Å²) in [5.41, 5.74) is 0. The van der Waals surface area contributed by atoms with E-state index in [2.05, 4.69) is 10.6 Å². The molecule has 0 heterocycles. The minimum absolute atomic E-state index is 0.0607. The third-order valence-electron chi connectivity index (χ3n) is 2.82.